The molecule has 0 amide bonds. The predicted octanol–water partition coefficient (Wildman–Crippen LogP) is 2.67. The highest BCUT2D eigenvalue weighted by Gasteiger charge is 2.43. The molecule has 1 saturated heterocycles. The normalized spacial score (nSPS) is 23.7. The summed E-state index contributed by atoms with van der Waals surface area (Å²) in [6, 6.07) is 8.01. The summed E-state index contributed by atoms with van der Waals surface area (Å²) in [4.78, 5) is 0. The van der Waals surface area contributed by atoms with Crippen molar-refractivity contribution < 1.29 is 14.6 Å². The molecule has 3 nitrogen and oxygen atoms in total. The molecule has 2 rings (SSSR count). The lowest BCUT2D eigenvalue weighted by atomic mass is 10.1. The van der Waals surface area contributed by atoms with Gasteiger partial charge in [0, 0.05) is 4.47 Å². The van der Waals surface area contributed by atoms with Gasteiger partial charge >= 0.3 is 0 Å². The van der Waals surface area contributed by atoms with Crippen molar-refractivity contribution >= 4 is 15.9 Å². The second kappa shape index (κ2) is 6.48. The fourth-order valence-electron chi connectivity index (χ4n) is 1.81. The minimum atomic E-state index is -0.455. The molecule has 1 aliphatic heterocycles. The molecule has 1 N–H and O–H groups in total. The Morgan fingerprint density at radius 3 is 2.83 bits per heavy atom. The van der Waals surface area contributed by atoms with Gasteiger partial charge in [-0.25, -0.2) is 0 Å². The Balaban J connectivity index is 1.65. The molecule has 1 fully saturated rings. The van der Waals surface area contributed by atoms with Crippen molar-refractivity contribution in [2.24, 2.45) is 0 Å². The molecule has 1 aliphatic rings. The van der Waals surface area contributed by atoms with E-state index in [1.165, 1.54) is 0 Å². The maximum atomic E-state index is 9.65. The van der Waals surface area contributed by atoms with Crippen molar-refractivity contribution in [3.8, 4) is 0 Å². The van der Waals surface area contributed by atoms with Crippen LogP contribution in [0.3, 0.4) is 0 Å². The van der Waals surface area contributed by atoms with Crippen LogP contribution in [0, 0.1) is 0 Å². The number of aliphatic hydroxyl groups excluding tert-OH is 1. The minimum Gasteiger partial charge on any atom is -0.390 e. The van der Waals surface area contributed by atoms with Crippen molar-refractivity contribution in [1.29, 1.82) is 0 Å². The molecule has 18 heavy (non-hydrogen) atoms. The molecule has 0 saturated carbocycles. The largest absolute Gasteiger partial charge is 0.390 e. The lowest BCUT2D eigenvalue weighted by molar-refractivity contribution is 0.104. The van der Waals surface area contributed by atoms with Crippen molar-refractivity contribution in [3.63, 3.8) is 0 Å². The van der Waals surface area contributed by atoms with Crippen LogP contribution < -0.4 is 0 Å². The predicted molar refractivity (Wildman–Crippen MR) is 73.3 cm³/mol. The highest BCUT2D eigenvalue weighted by atomic mass is 79.9. The van der Waals surface area contributed by atoms with E-state index < -0.39 is 6.10 Å². The standard InChI is InChI=1S/C14H17BrO3/c1-2-3-12(16)14-13(18-14)9-17-8-10-4-6-11(15)7-5-10/h2,4-7,12-14,16H,1,3,8-9H2/t12-,13-,14+/m1/s1. The van der Waals surface area contributed by atoms with E-state index in [1.54, 1.807) is 6.08 Å². The molecule has 0 unspecified atom stereocenters. The van der Waals surface area contributed by atoms with E-state index >= 15 is 0 Å². The second-order valence-electron chi connectivity index (χ2n) is 4.37. The van der Waals surface area contributed by atoms with Gasteiger partial charge in [0.05, 0.1) is 19.3 Å². The molecule has 0 spiro atoms. The van der Waals surface area contributed by atoms with Gasteiger partial charge in [-0.1, -0.05) is 34.1 Å². The van der Waals surface area contributed by atoms with Crippen molar-refractivity contribution in [1.82, 2.24) is 0 Å². The Morgan fingerprint density at radius 2 is 2.17 bits per heavy atom. The highest BCUT2D eigenvalue weighted by molar-refractivity contribution is 9.10. The molecule has 1 heterocycles. The minimum absolute atomic E-state index is 0.0235. The third-order valence-corrected chi connectivity index (χ3v) is 3.40. The number of ether oxygens (including phenoxy) is 2. The maximum Gasteiger partial charge on any atom is 0.113 e. The summed E-state index contributed by atoms with van der Waals surface area (Å²) < 4.78 is 12.0. The van der Waals surface area contributed by atoms with E-state index in [4.69, 9.17) is 9.47 Å². The first-order valence-electron chi connectivity index (χ1n) is 5.97. The van der Waals surface area contributed by atoms with E-state index in [-0.39, 0.29) is 12.2 Å². The van der Waals surface area contributed by atoms with Gasteiger partial charge < -0.3 is 14.6 Å². The van der Waals surface area contributed by atoms with E-state index in [1.807, 2.05) is 24.3 Å². The first-order chi connectivity index (χ1) is 8.70. The smallest absolute Gasteiger partial charge is 0.113 e. The Kier molecular flexibility index (Phi) is 4.95. The van der Waals surface area contributed by atoms with Crippen LogP contribution in [-0.2, 0) is 16.1 Å². The van der Waals surface area contributed by atoms with E-state index in [9.17, 15) is 5.11 Å². The molecule has 98 valence electrons. The topological polar surface area (TPSA) is 42.0 Å². The maximum absolute atomic E-state index is 9.65. The van der Waals surface area contributed by atoms with Crippen LogP contribution in [0.4, 0.5) is 0 Å². The van der Waals surface area contributed by atoms with Crippen LogP contribution >= 0.6 is 15.9 Å². The number of halogens is 1. The van der Waals surface area contributed by atoms with Gasteiger partial charge in [-0.05, 0) is 24.1 Å². The molecule has 1 aromatic rings. The Labute approximate surface area is 116 Å². The molecular weight excluding hydrogens is 296 g/mol. The number of benzene rings is 1. The van der Waals surface area contributed by atoms with Crippen LogP contribution in [0.5, 0.6) is 0 Å². The molecule has 0 aromatic heterocycles. The zero-order valence-corrected chi connectivity index (χ0v) is 11.7. The van der Waals surface area contributed by atoms with Crippen molar-refractivity contribution in [2.75, 3.05) is 6.61 Å². The number of aliphatic hydroxyl groups is 1. The summed E-state index contributed by atoms with van der Waals surface area (Å²) in [5.74, 6) is 0. The van der Waals surface area contributed by atoms with Crippen LogP contribution in [0.15, 0.2) is 41.4 Å². The Bertz CT molecular complexity index is 391. The highest BCUT2D eigenvalue weighted by Crippen LogP contribution is 2.27. The number of hydrogen-bond donors (Lipinski definition) is 1. The molecule has 3 atom stereocenters. The van der Waals surface area contributed by atoms with Crippen LogP contribution in [0.2, 0.25) is 0 Å². The molecule has 0 bridgehead atoms. The SMILES string of the molecule is C=CC[C@@H](O)[C@@H]1O[C@@H]1COCc1ccc(Br)cc1. The lowest BCUT2D eigenvalue weighted by Gasteiger charge is -2.04. The number of hydrogen-bond acceptors (Lipinski definition) is 3. The quantitative estimate of drug-likeness (QED) is 0.621. The summed E-state index contributed by atoms with van der Waals surface area (Å²) in [6.07, 6.45) is 1.74. The fraction of sp³-hybridized carbons (Fsp3) is 0.429. The van der Waals surface area contributed by atoms with E-state index in [0.717, 1.165) is 10.0 Å². The van der Waals surface area contributed by atoms with Crippen molar-refractivity contribution in [2.45, 2.75) is 31.3 Å². The summed E-state index contributed by atoms with van der Waals surface area (Å²) >= 11 is 3.39. The zero-order chi connectivity index (χ0) is 13.0. The van der Waals surface area contributed by atoms with Gasteiger partial charge in [-0.15, -0.1) is 6.58 Å². The summed E-state index contributed by atoms with van der Waals surface area (Å²) in [5.41, 5.74) is 1.13. The third kappa shape index (κ3) is 3.92. The van der Waals surface area contributed by atoms with Gasteiger partial charge in [0.15, 0.2) is 0 Å². The fourth-order valence-corrected chi connectivity index (χ4v) is 2.07. The van der Waals surface area contributed by atoms with Gasteiger partial charge in [0.1, 0.15) is 12.2 Å². The van der Waals surface area contributed by atoms with Gasteiger partial charge in [-0.2, -0.15) is 0 Å². The van der Waals surface area contributed by atoms with Crippen molar-refractivity contribution in [3.05, 3.63) is 47.0 Å². The first kappa shape index (κ1) is 13.7. The molecule has 4 heteroatoms. The van der Waals surface area contributed by atoms with E-state index in [0.29, 0.717) is 19.6 Å². The monoisotopic (exact) mass is 312 g/mol. The molecule has 0 radical (unpaired) electrons. The second-order valence-corrected chi connectivity index (χ2v) is 5.29. The first-order valence-corrected chi connectivity index (χ1v) is 6.76. The Hall–Kier alpha value is -0.680. The average molecular weight is 313 g/mol. The number of rotatable bonds is 7. The van der Waals surface area contributed by atoms with Gasteiger partial charge in [0.2, 0.25) is 0 Å². The number of epoxide rings is 1. The van der Waals surface area contributed by atoms with E-state index in [2.05, 4.69) is 22.5 Å². The summed E-state index contributed by atoms with van der Waals surface area (Å²) in [6.45, 7) is 4.68. The molecule has 1 aromatic carbocycles. The van der Waals surface area contributed by atoms with Gasteiger partial charge in [-0.3, -0.25) is 0 Å². The lowest BCUT2D eigenvalue weighted by Crippen LogP contribution is -2.18. The zero-order valence-electron chi connectivity index (χ0n) is 10.1. The third-order valence-electron chi connectivity index (χ3n) is 2.87. The Morgan fingerprint density at radius 1 is 1.44 bits per heavy atom. The summed E-state index contributed by atoms with van der Waals surface area (Å²) in [7, 11) is 0. The molecule has 0 aliphatic carbocycles. The molecular formula is C14H17BrO3. The average Bonchev–Trinajstić information content (AvgIpc) is 3.12. The van der Waals surface area contributed by atoms with Gasteiger partial charge in [0.25, 0.3) is 0 Å². The van der Waals surface area contributed by atoms with Crippen LogP contribution in [-0.4, -0.2) is 30.0 Å². The van der Waals surface area contributed by atoms with Crippen LogP contribution in [0.25, 0.3) is 0 Å². The van der Waals surface area contributed by atoms with Crippen LogP contribution in [0.1, 0.15) is 12.0 Å². The summed E-state index contributed by atoms with van der Waals surface area (Å²) in [5, 5.41) is 9.65.